The third kappa shape index (κ3) is 6.15. The molecule has 0 spiro atoms. The topological polar surface area (TPSA) is 63.7 Å². The fourth-order valence-electron chi connectivity index (χ4n) is 4.31. The van der Waals surface area contributed by atoms with Crippen LogP contribution in [0.3, 0.4) is 0 Å². The monoisotopic (exact) mass is 479 g/mol. The summed E-state index contributed by atoms with van der Waals surface area (Å²) in [5.74, 6) is 1.30. The SMILES string of the molecule is COc1ccc(-c2nc(CC(=O)NCc3ccc(CN4CCCCC4C)cc3)cs2)cc1OC. The number of ether oxygens (including phenoxy) is 2. The first-order valence-electron chi connectivity index (χ1n) is 11.8. The molecule has 1 atom stereocenters. The maximum absolute atomic E-state index is 12.5. The van der Waals surface area contributed by atoms with E-state index in [-0.39, 0.29) is 12.3 Å². The van der Waals surface area contributed by atoms with Gasteiger partial charge in [-0.1, -0.05) is 30.7 Å². The molecule has 0 bridgehead atoms. The number of hydrogen-bond acceptors (Lipinski definition) is 6. The lowest BCUT2D eigenvalue weighted by Crippen LogP contribution is -2.36. The quantitative estimate of drug-likeness (QED) is 0.465. The van der Waals surface area contributed by atoms with Gasteiger partial charge in [-0.15, -0.1) is 11.3 Å². The van der Waals surface area contributed by atoms with E-state index in [2.05, 4.69) is 46.4 Å². The molecule has 0 aliphatic carbocycles. The van der Waals surface area contributed by atoms with Crippen molar-refractivity contribution in [1.82, 2.24) is 15.2 Å². The molecule has 1 aliphatic heterocycles. The number of carbonyl (C=O) groups excluding carboxylic acids is 1. The maximum Gasteiger partial charge on any atom is 0.226 e. The third-order valence-electron chi connectivity index (χ3n) is 6.36. The zero-order chi connectivity index (χ0) is 23.9. The number of carbonyl (C=O) groups is 1. The normalized spacial score (nSPS) is 16.3. The van der Waals surface area contributed by atoms with Crippen LogP contribution in [-0.2, 0) is 24.3 Å². The highest BCUT2D eigenvalue weighted by Gasteiger charge is 2.18. The number of hydrogen-bond donors (Lipinski definition) is 1. The van der Waals surface area contributed by atoms with Gasteiger partial charge in [-0.25, -0.2) is 4.98 Å². The van der Waals surface area contributed by atoms with Crippen LogP contribution in [0.5, 0.6) is 11.5 Å². The highest BCUT2D eigenvalue weighted by atomic mass is 32.1. The average Bonchev–Trinajstić information content (AvgIpc) is 3.33. The summed E-state index contributed by atoms with van der Waals surface area (Å²) in [5, 5.41) is 5.80. The number of piperidine rings is 1. The molecule has 1 aromatic heterocycles. The van der Waals surface area contributed by atoms with Gasteiger partial charge in [0.15, 0.2) is 11.5 Å². The van der Waals surface area contributed by atoms with E-state index in [4.69, 9.17) is 9.47 Å². The van der Waals surface area contributed by atoms with E-state index in [0.717, 1.165) is 28.4 Å². The minimum Gasteiger partial charge on any atom is -0.493 e. The van der Waals surface area contributed by atoms with Crippen molar-refractivity contribution in [2.24, 2.45) is 0 Å². The summed E-state index contributed by atoms with van der Waals surface area (Å²) in [5.41, 5.74) is 4.13. The van der Waals surface area contributed by atoms with Gasteiger partial charge in [0.05, 0.1) is 26.3 Å². The summed E-state index contributed by atoms with van der Waals surface area (Å²) in [6, 6.07) is 14.9. The fourth-order valence-corrected chi connectivity index (χ4v) is 5.12. The number of benzene rings is 2. The van der Waals surface area contributed by atoms with Crippen LogP contribution in [0.25, 0.3) is 10.6 Å². The number of likely N-dealkylation sites (tertiary alicyclic amines) is 1. The largest absolute Gasteiger partial charge is 0.493 e. The van der Waals surface area contributed by atoms with Crippen molar-refractivity contribution in [3.8, 4) is 22.1 Å². The second kappa shape index (κ2) is 11.5. The first-order chi connectivity index (χ1) is 16.6. The first-order valence-corrected chi connectivity index (χ1v) is 12.7. The molecule has 1 saturated heterocycles. The summed E-state index contributed by atoms with van der Waals surface area (Å²) in [6.07, 6.45) is 4.19. The number of thiazole rings is 1. The number of methoxy groups -OCH3 is 2. The second-order valence-corrected chi connectivity index (χ2v) is 9.66. The summed E-state index contributed by atoms with van der Waals surface area (Å²) in [7, 11) is 3.23. The van der Waals surface area contributed by atoms with Crippen LogP contribution < -0.4 is 14.8 Å². The van der Waals surface area contributed by atoms with Crippen molar-refractivity contribution in [3.63, 3.8) is 0 Å². The van der Waals surface area contributed by atoms with E-state index in [1.807, 2.05) is 23.6 Å². The van der Waals surface area contributed by atoms with Gasteiger partial charge in [-0.2, -0.15) is 0 Å². The van der Waals surface area contributed by atoms with Crippen molar-refractivity contribution in [1.29, 1.82) is 0 Å². The van der Waals surface area contributed by atoms with Crippen LogP contribution in [-0.4, -0.2) is 42.6 Å². The van der Waals surface area contributed by atoms with Crippen molar-refractivity contribution < 1.29 is 14.3 Å². The molecule has 2 heterocycles. The molecule has 0 radical (unpaired) electrons. The minimum atomic E-state index is -0.0321. The van der Waals surface area contributed by atoms with E-state index in [9.17, 15) is 4.79 Å². The van der Waals surface area contributed by atoms with Gasteiger partial charge in [-0.05, 0) is 55.6 Å². The van der Waals surface area contributed by atoms with Crippen LogP contribution in [0, 0.1) is 0 Å². The summed E-state index contributed by atoms with van der Waals surface area (Å²) in [4.78, 5) is 19.7. The number of amides is 1. The zero-order valence-electron chi connectivity index (χ0n) is 20.2. The van der Waals surface area contributed by atoms with E-state index in [1.54, 1.807) is 14.2 Å². The summed E-state index contributed by atoms with van der Waals surface area (Å²) >= 11 is 1.52. The standard InChI is InChI=1S/C27H33N3O3S/c1-19-6-4-5-13-30(19)17-21-9-7-20(8-10-21)16-28-26(31)15-23-18-34-27(29-23)22-11-12-24(32-2)25(14-22)33-3/h7-12,14,18-19H,4-6,13,15-17H2,1-3H3,(H,28,31). The molecule has 6 nitrogen and oxygen atoms in total. The van der Waals surface area contributed by atoms with Gasteiger partial charge in [0.25, 0.3) is 0 Å². The Morgan fingerprint density at radius 2 is 1.85 bits per heavy atom. The lowest BCUT2D eigenvalue weighted by atomic mass is 10.0. The molecule has 34 heavy (non-hydrogen) atoms. The van der Waals surface area contributed by atoms with Crippen molar-refractivity contribution in [3.05, 3.63) is 64.7 Å². The Hall–Kier alpha value is -2.90. The fraction of sp³-hybridized carbons (Fsp3) is 0.407. The Labute approximate surface area is 205 Å². The van der Waals surface area contributed by atoms with Crippen LogP contribution in [0.2, 0.25) is 0 Å². The molecule has 180 valence electrons. The van der Waals surface area contributed by atoms with Crippen LogP contribution in [0.4, 0.5) is 0 Å². The van der Waals surface area contributed by atoms with Crippen molar-refractivity contribution in [2.45, 2.75) is 51.7 Å². The van der Waals surface area contributed by atoms with Crippen LogP contribution in [0.15, 0.2) is 47.8 Å². The summed E-state index contributed by atoms with van der Waals surface area (Å²) in [6.45, 7) is 5.03. The highest BCUT2D eigenvalue weighted by molar-refractivity contribution is 7.13. The smallest absolute Gasteiger partial charge is 0.226 e. The highest BCUT2D eigenvalue weighted by Crippen LogP contribution is 2.33. The van der Waals surface area contributed by atoms with E-state index >= 15 is 0 Å². The average molecular weight is 480 g/mol. The molecule has 2 aromatic carbocycles. The Balaban J connectivity index is 1.28. The summed E-state index contributed by atoms with van der Waals surface area (Å²) < 4.78 is 10.7. The Kier molecular flexibility index (Phi) is 8.19. The molecule has 1 fully saturated rings. The molecule has 1 unspecified atom stereocenters. The molecule has 4 rings (SSSR count). The van der Waals surface area contributed by atoms with Crippen LogP contribution >= 0.6 is 11.3 Å². The van der Waals surface area contributed by atoms with Gasteiger partial charge in [-0.3, -0.25) is 9.69 Å². The number of nitrogens with one attached hydrogen (secondary N) is 1. The van der Waals surface area contributed by atoms with Gasteiger partial charge in [0.2, 0.25) is 5.91 Å². The Bertz CT molecular complexity index is 1100. The van der Waals surface area contributed by atoms with Crippen molar-refractivity contribution >= 4 is 17.2 Å². The molecule has 1 aliphatic rings. The number of aromatic nitrogens is 1. The van der Waals surface area contributed by atoms with E-state index in [1.165, 1.54) is 42.7 Å². The van der Waals surface area contributed by atoms with Gasteiger partial charge in [0.1, 0.15) is 5.01 Å². The van der Waals surface area contributed by atoms with E-state index in [0.29, 0.717) is 24.1 Å². The Morgan fingerprint density at radius 3 is 2.59 bits per heavy atom. The predicted molar refractivity (Wildman–Crippen MR) is 136 cm³/mol. The lowest BCUT2D eigenvalue weighted by molar-refractivity contribution is -0.120. The molecule has 1 N–H and O–H groups in total. The molecule has 0 saturated carbocycles. The third-order valence-corrected chi connectivity index (χ3v) is 7.30. The molecule has 3 aromatic rings. The molecule has 7 heteroatoms. The second-order valence-electron chi connectivity index (χ2n) is 8.80. The van der Waals surface area contributed by atoms with Gasteiger partial charge < -0.3 is 14.8 Å². The number of nitrogens with zero attached hydrogens (tertiary/aromatic N) is 2. The molecular weight excluding hydrogens is 446 g/mol. The molecule has 1 amide bonds. The van der Waals surface area contributed by atoms with E-state index < -0.39 is 0 Å². The predicted octanol–water partition coefficient (Wildman–Crippen LogP) is 5.06. The van der Waals surface area contributed by atoms with Gasteiger partial charge in [0, 0.05) is 30.1 Å². The maximum atomic E-state index is 12.5. The number of rotatable bonds is 9. The van der Waals surface area contributed by atoms with Crippen molar-refractivity contribution in [2.75, 3.05) is 20.8 Å². The first kappa shape index (κ1) is 24.2. The zero-order valence-corrected chi connectivity index (χ0v) is 21.0. The van der Waals surface area contributed by atoms with Crippen LogP contribution in [0.1, 0.15) is 43.0 Å². The minimum absolute atomic E-state index is 0.0321. The lowest BCUT2D eigenvalue weighted by Gasteiger charge is -2.33. The molecular formula is C27H33N3O3S. The Morgan fingerprint density at radius 1 is 1.09 bits per heavy atom. The van der Waals surface area contributed by atoms with Gasteiger partial charge >= 0.3 is 0 Å².